The van der Waals surface area contributed by atoms with Crippen LogP contribution in [-0.2, 0) is 25.6 Å². The van der Waals surface area contributed by atoms with E-state index in [0.29, 0.717) is 22.4 Å². The van der Waals surface area contributed by atoms with E-state index in [4.69, 9.17) is 10.6 Å². The number of hydrogen-bond donors (Lipinski definition) is 6. The molecule has 0 fully saturated rings. The van der Waals surface area contributed by atoms with E-state index in [9.17, 15) is 39.6 Å². The van der Waals surface area contributed by atoms with Crippen LogP contribution in [0.2, 0.25) is 0 Å². The summed E-state index contributed by atoms with van der Waals surface area (Å²) in [5.74, 6) is -7.31. The van der Waals surface area contributed by atoms with E-state index in [1.165, 1.54) is 23.1 Å². The molecule has 13 heteroatoms. The van der Waals surface area contributed by atoms with Crippen LogP contribution in [0.15, 0.2) is 59.1 Å². The summed E-state index contributed by atoms with van der Waals surface area (Å²) in [5, 5.41) is 49.1. The van der Waals surface area contributed by atoms with Crippen molar-refractivity contribution < 1.29 is 44.4 Å². The number of Topliss-reactive ketones (excluding diaryl/α,β-unsaturated/α-hetero) is 2. The van der Waals surface area contributed by atoms with Gasteiger partial charge < -0.3 is 36.3 Å². The number of phenolic OH excluding ortho intramolecular Hbond substituents is 1. The molecule has 2 aromatic carbocycles. The molecule has 0 bridgehead atoms. The highest BCUT2D eigenvalue weighted by Crippen LogP contribution is 2.53. The SMILES string of the molecule is CON(C)CC(=O)Nc1ccc(-c2ccc(O)c3c2CC2CC4C(N(C)C)C(O)=C(C(N)=O)C(=O)C4(O)C(O)=C2C3=O)cc1. The second-order valence-corrected chi connectivity index (χ2v) is 11.5. The van der Waals surface area contributed by atoms with Crippen molar-refractivity contribution in [2.24, 2.45) is 17.6 Å². The molecule has 4 atom stereocenters. The van der Waals surface area contributed by atoms with Crippen LogP contribution in [0, 0.1) is 11.8 Å². The van der Waals surface area contributed by atoms with Gasteiger partial charge in [-0.3, -0.25) is 24.1 Å². The lowest BCUT2D eigenvalue weighted by Crippen LogP contribution is -2.63. The van der Waals surface area contributed by atoms with Gasteiger partial charge in [-0.25, -0.2) is 0 Å². The summed E-state index contributed by atoms with van der Waals surface area (Å²) in [6.45, 7) is 0.0176. The van der Waals surface area contributed by atoms with Gasteiger partial charge in [0, 0.05) is 24.2 Å². The molecule has 0 saturated heterocycles. The lowest BCUT2D eigenvalue weighted by molar-refractivity contribution is -0.148. The first-order valence-electron chi connectivity index (χ1n) is 13.9. The van der Waals surface area contributed by atoms with Gasteiger partial charge >= 0.3 is 0 Å². The molecule has 0 aliphatic heterocycles. The van der Waals surface area contributed by atoms with Crippen LogP contribution in [0.1, 0.15) is 22.3 Å². The molecule has 2 aromatic rings. The number of primary amides is 1. The van der Waals surface area contributed by atoms with Gasteiger partial charge in [0.15, 0.2) is 11.4 Å². The second kappa shape index (κ2) is 11.2. The molecular formula is C31H34N4O9. The number of aliphatic hydroxyl groups is 3. The number of fused-ring (bicyclic) bond motifs is 3. The van der Waals surface area contributed by atoms with Gasteiger partial charge in [-0.05, 0) is 67.7 Å². The minimum Gasteiger partial charge on any atom is -0.510 e. The number of likely N-dealkylation sites (N-methyl/N-ethyl adjacent to an activating group) is 2. The third kappa shape index (κ3) is 4.74. The average molecular weight is 607 g/mol. The Morgan fingerprint density at radius 1 is 1.07 bits per heavy atom. The van der Waals surface area contributed by atoms with Crippen LogP contribution in [0.5, 0.6) is 5.75 Å². The van der Waals surface area contributed by atoms with Crippen molar-refractivity contribution in [2.45, 2.75) is 24.5 Å². The zero-order valence-electron chi connectivity index (χ0n) is 24.6. The number of nitrogens with zero attached hydrogens (tertiary/aromatic N) is 2. The lowest BCUT2D eigenvalue weighted by Gasteiger charge is -2.50. The van der Waals surface area contributed by atoms with Gasteiger partial charge in [0.1, 0.15) is 29.4 Å². The number of aromatic hydroxyl groups is 1. The zero-order valence-corrected chi connectivity index (χ0v) is 24.6. The van der Waals surface area contributed by atoms with E-state index in [-0.39, 0.29) is 42.2 Å². The number of anilines is 1. The number of carbonyl (C=O) groups is 4. The summed E-state index contributed by atoms with van der Waals surface area (Å²) in [6, 6.07) is 8.84. The Balaban J connectivity index is 1.56. The van der Waals surface area contributed by atoms with E-state index in [1.807, 2.05) is 0 Å². The van der Waals surface area contributed by atoms with Crippen LogP contribution < -0.4 is 11.1 Å². The number of ketones is 2. The van der Waals surface area contributed by atoms with E-state index in [1.54, 1.807) is 51.5 Å². The molecule has 4 unspecified atom stereocenters. The summed E-state index contributed by atoms with van der Waals surface area (Å²) in [5.41, 5.74) is 3.88. The van der Waals surface area contributed by atoms with Gasteiger partial charge in [0.25, 0.3) is 5.91 Å². The Labute approximate surface area is 252 Å². The molecule has 5 rings (SSSR count). The summed E-state index contributed by atoms with van der Waals surface area (Å²) in [7, 11) is 6.22. The van der Waals surface area contributed by atoms with Crippen LogP contribution in [0.3, 0.4) is 0 Å². The lowest BCUT2D eigenvalue weighted by atomic mass is 9.58. The number of benzene rings is 2. The standard InChI is InChI=1S/C31H34N4O9/c1-34(2)25-19-12-15-11-18-17(14-5-7-16(8-6-14)33-21(37)13-35(3)44-4)9-10-20(36)23(18)26(38)22(15)28(40)31(19,43)29(41)24(27(25)39)30(32)42/h5-10,15,19,25,36,39-40,43H,11-13H2,1-4H3,(H2,32,42)(H,33,37). The number of phenols is 1. The number of allylic oxidation sites excluding steroid dienone is 1. The van der Waals surface area contributed by atoms with Crippen molar-refractivity contribution in [3.8, 4) is 16.9 Å². The highest BCUT2D eigenvalue weighted by Gasteiger charge is 2.63. The van der Waals surface area contributed by atoms with Crippen LogP contribution in [0.4, 0.5) is 5.69 Å². The maximum absolute atomic E-state index is 13.9. The maximum Gasteiger partial charge on any atom is 0.255 e. The normalized spacial score (nSPS) is 24.8. The maximum atomic E-state index is 13.9. The zero-order chi connectivity index (χ0) is 32.2. The molecule has 0 aromatic heterocycles. The third-order valence-electron chi connectivity index (χ3n) is 8.76. The predicted molar refractivity (Wildman–Crippen MR) is 157 cm³/mol. The number of nitrogens with two attached hydrogens (primary N) is 1. The molecule has 2 amide bonds. The largest absolute Gasteiger partial charge is 0.510 e. The van der Waals surface area contributed by atoms with Crippen molar-refractivity contribution in [3.63, 3.8) is 0 Å². The molecule has 0 spiro atoms. The summed E-state index contributed by atoms with van der Waals surface area (Å²) in [4.78, 5) is 58.2. The quantitative estimate of drug-likeness (QED) is 0.195. The third-order valence-corrected chi connectivity index (χ3v) is 8.76. The second-order valence-electron chi connectivity index (χ2n) is 11.5. The number of hydroxylamine groups is 2. The van der Waals surface area contributed by atoms with Gasteiger partial charge in [-0.1, -0.05) is 18.2 Å². The fourth-order valence-electron chi connectivity index (χ4n) is 6.72. The Bertz CT molecular complexity index is 1650. The molecule has 3 aliphatic rings. The molecule has 13 nitrogen and oxygen atoms in total. The molecule has 3 aliphatic carbocycles. The first kappa shape index (κ1) is 30.9. The summed E-state index contributed by atoms with van der Waals surface area (Å²) >= 11 is 0. The number of hydrogen-bond acceptors (Lipinski definition) is 11. The van der Waals surface area contributed by atoms with Crippen LogP contribution >= 0.6 is 0 Å². The molecule has 232 valence electrons. The van der Waals surface area contributed by atoms with E-state index in [2.05, 4.69) is 5.32 Å². The molecule has 0 saturated carbocycles. The van der Waals surface area contributed by atoms with Crippen molar-refractivity contribution in [1.82, 2.24) is 9.96 Å². The number of aliphatic hydroxyl groups excluding tert-OH is 2. The highest BCUT2D eigenvalue weighted by atomic mass is 16.7. The van der Waals surface area contributed by atoms with E-state index >= 15 is 0 Å². The first-order chi connectivity index (χ1) is 20.7. The van der Waals surface area contributed by atoms with Gasteiger partial charge in [-0.15, -0.1) is 0 Å². The Kier molecular flexibility index (Phi) is 7.84. The fraction of sp³-hybridized carbons (Fsp3) is 0.355. The van der Waals surface area contributed by atoms with E-state index < -0.39 is 58.0 Å². The van der Waals surface area contributed by atoms with Crippen LogP contribution in [0.25, 0.3) is 11.1 Å². The number of amides is 2. The van der Waals surface area contributed by atoms with Crippen molar-refractivity contribution >= 4 is 29.1 Å². The molecule has 0 radical (unpaired) electrons. The monoisotopic (exact) mass is 606 g/mol. The minimum atomic E-state index is -2.70. The smallest absolute Gasteiger partial charge is 0.255 e. The Morgan fingerprint density at radius 2 is 1.73 bits per heavy atom. The molecular weight excluding hydrogens is 572 g/mol. The van der Waals surface area contributed by atoms with Gasteiger partial charge in [-0.2, -0.15) is 5.06 Å². The van der Waals surface area contributed by atoms with Crippen molar-refractivity contribution in [2.75, 3.05) is 40.1 Å². The van der Waals surface area contributed by atoms with Crippen molar-refractivity contribution in [1.29, 1.82) is 0 Å². The number of nitrogens with one attached hydrogen (secondary N) is 1. The highest BCUT2D eigenvalue weighted by molar-refractivity contribution is 6.25. The number of rotatable bonds is 7. The fourth-order valence-corrected chi connectivity index (χ4v) is 6.72. The summed E-state index contributed by atoms with van der Waals surface area (Å²) < 4.78 is 0. The van der Waals surface area contributed by atoms with E-state index in [0.717, 1.165) is 0 Å². The van der Waals surface area contributed by atoms with Crippen LogP contribution in [-0.4, -0.2) is 100 Å². The topological polar surface area (TPSA) is 203 Å². The molecule has 0 heterocycles. The average Bonchev–Trinajstić information content (AvgIpc) is 2.95. The Morgan fingerprint density at radius 3 is 2.32 bits per heavy atom. The molecule has 44 heavy (non-hydrogen) atoms. The van der Waals surface area contributed by atoms with Gasteiger partial charge in [0.05, 0.1) is 18.7 Å². The molecule has 7 N–H and O–H groups in total. The van der Waals surface area contributed by atoms with Gasteiger partial charge in [0.2, 0.25) is 11.7 Å². The predicted octanol–water partition coefficient (Wildman–Crippen LogP) is 1.22. The minimum absolute atomic E-state index is 0.0122. The van der Waals surface area contributed by atoms with Crippen molar-refractivity contribution in [3.05, 3.63) is 70.2 Å². The first-order valence-corrected chi connectivity index (χ1v) is 13.9. The summed E-state index contributed by atoms with van der Waals surface area (Å²) in [6.07, 6.45) is 0.141. The Hall–Kier alpha value is -4.56. The number of carbonyl (C=O) groups excluding carboxylic acids is 4.